The molecule has 0 saturated heterocycles. The summed E-state index contributed by atoms with van der Waals surface area (Å²) in [6.07, 6.45) is 0.00303. The van der Waals surface area contributed by atoms with E-state index < -0.39 is 0 Å². The van der Waals surface area contributed by atoms with Gasteiger partial charge in [0.25, 0.3) is 5.56 Å². The summed E-state index contributed by atoms with van der Waals surface area (Å²) in [6.45, 7) is 0.886. The van der Waals surface area contributed by atoms with Crippen LogP contribution in [0.15, 0.2) is 63.9 Å². The van der Waals surface area contributed by atoms with Crippen molar-refractivity contribution in [3.8, 4) is 0 Å². The summed E-state index contributed by atoms with van der Waals surface area (Å²) in [6, 6.07) is 14.7. The van der Waals surface area contributed by atoms with E-state index in [0.29, 0.717) is 23.9 Å². The first-order valence-electron chi connectivity index (χ1n) is 8.91. The molecule has 0 unspecified atom stereocenters. The van der Waals surface area contributed by atoms with Gasteiger partial charge in [-0.2, -0.15) is 0 Å². The van der Waals surface area contributed by atoms with E-state index in [1.54, 1.807) is 11.3 Å². The first kappa shape index (κ1) is 20.8. The zero-order chi connectivity index (χ0) is 20.5. The van der Waals surface area contributed by atoms with Crippen LogP contribution < -0.4 is 16.2 Å². The molecule has 0 aliphatic carbocycles. The Morgan fingerprint density at radius 3 is 2.59 bits per heavy atom. The van der Waals surface area contributed by atoms with Crippen molar-refractivity contribution in [2.45, 2.75) is 24.7 Å². The van der Waals surface area contributed by atoms with Gasteiger partial charge >= 0.3 is 0 Å². The molecular weight excluding hydrogens is 408 g/mol. The van der Waals surface area contributed by atoms with Crippen LogP contribution in [0.5, 0.6) is 0 Å². The Bertz CT molecular complexity index is 1000. The predicted molar refractivity (Wildman–Crippen MR) is 114 cm³/mol. The number of aromatic amines is 1. The molecule has 0 atom stereocenters. The van der Waals surface area contributed by atoms with Crippen molar-refractivity contribution in [2.75, 3.05) is 5.75 Å². The Morgan fingerprint density at radius 1 is 1.03 bits per heavy atom. The van der Waals surface area contributed by atoms with Crippen LogP contribution in [0.1, 0.15) is 16.1 Å². The van der Waals surface area contributed by atoms with Crippen molar-refractivity contribution in [1.29, 1.82) is 0 Å². The molecule has 0 aliphatic heterocycles. The molecule has 3 aromatic rings. The Morgan fingerprint density at radius 2 is 1.83 bits per heavy atom. The van der Waals surface area contributed by atoms with E-state index >= 15 is 0 Å². The van der Waals surface area contributed by atoms with Crippen LogP contribution in [0.3, 0.4) is 0 Å². The molecule has 2 heterocycles. The molecule has 3 N–H and O–H groups in total. The quantitative estimate of drug-likeness (QED) is 0.358. The highest BCUT2D eigenvalue weighted by Gasteiger charge is 2.10. The fourth-order valence-electron chi connectivity index (χ4n) is 2.45. The predicted octanol–water partition coefficient (Wildman–Crippen LogP) is 2.10. The smallest absolute Gasteiger partial charge is 0.251 e. The van der Waals surface area contributed by atoms with Gasteiger partial charge in [-0.1, -0.05) is 48.2 Å². The van der Waals surface area contributed by atoms with Gasteiger partial charge in [0.05, 0.1) is 24.4 Å². The number of amides is 2. The molecule has 0 aliphatic rings. The highest BCUT2D eigenvalue weighted by molar-refractivity contribution is 7.99. The molecule has 150 valence electrons. The lowest BCUT2D eigenvalue weighted by Crippen LogP contribution is -2.26. The molecule has 0 spiro atoms. The molecule has 0 saturated carbocycles. The van der Waals surface area contributed by atoms with Gasteiger partial charge in [-0.05, 0) is 17.0 Å². The van der Waals surface area contributed by atoms with E-state index in [2.05, 4.69) is 20.6 Å². The molecule has 29 heavy (non-hydrogen) atoms. The minimum absolute atomic E-state index is 0.00303. The summed E-state index contributed by atoms with van der Waals surface area (Å²) in [5, 5.41) is 7.88. The van der Waals surface area contributed by atoms with Crippen molar-refractivity contribution in [1.82, 2.24) is 20.6 Å². The Balaban J connectivity index is 1.48. The highest BCUT2D eigenvalue weighted by Crippen LogP contribution is 2.12. The van der Waals surface area contributed by atoms with E-state index in [9.17, 15) is 14.4 Å². The zero-order valence-electron chi connectivity index (χ0n) is 15.5. The Labute approximate surface area is 176 Å². The molecule has 2 amide bonds. The molecule has 0 bridgehead atoms. The lowest BCUT2D eigenvalue weighted by molar-refractivity contribution is -0.121. The van der Waals surface area contributed by atoms with Crippen LogP contribution in [0.2, 0.25) is 0 Å². The number of rotatable bonds is 9. The summed E-state index contributed by atoms with van der Waals surface area (Å²) in [5.74, 6) is -0.266. The number of hydrogen-bond donors (Lipinski definition) is 3. The minimum atomic E-state index is -0.353. The molecule has 0 fully saturated rings. The third-order valence-electron chi connectivity index (χ3n) is 3.83. The number of carbonyl (C=O) groups is 2. The maximum Gasteiger partial charge on any atom is 0.251 e. The number of nitrogens with one attached hydrogen (secondary N) is 3. The topological polar surface area (TPSA) is 104 Å². The fraction of sp³-hybridized carbons (Fsp3) is 0.200. The lowest BCUT2D eigenvalue weighted by atomic mass is 10.2. The number of hydrogen-bond acceptors (Lipinski definition) is 6. The van der Waals surface area contributed by atoms with Crippen LogP contribution >= 0.6 is 23.1 Å². The minimum Gasteiger partial charge on any atom is -0.351 e. The van der Waals surface area contributed by atoms with Gasteiger partial charge in [-0.25, -0.2) is 4.98 Å². The molecule has 1 aromatic carbocycles. The number of benzene rings is 1. The normalized spacial score (nSPS) is 10.5. The molecular formula is C20H20N4O3S2. The zero-order valence-corrected chi connectivity index (χ0v) is 17.1. The SMILES string of the molecule is O=C(CSc1nc(CC(=O)NCc2cccs2)cc(=O)[nH]1)NCc1ccccc1. The van der Waals surface area contributed by atoms with Crippen molar-refractivity contribution in [2.24, 2.45) is 0 Å². The molecule has 2 aromatic heterocycles. The number of thiophene rings is 1. The first-order valence-corrected chi connectivity index (χ1v) is 10.8. The van der Waals surface area contributed by atoms with Crippen LogP contribution in [-0.2, 0) is 29.1 Å². The number of nitrogens with zero attached hydrogens (tertiary/aromatic N) is 1. The van der Waals surface area contributed by atoms with E-state index in [0.717, 1.165) is 22.2 Å². The second-order valence-electron chi connectivity index (χ2n) is 6.13. The summed E-state index contributed by atoms with van der Waals surface area (Å²) in [4.78, 5) is 43.9. The van der Waals surface area contributed by atoms with Gasteiger partial charge < -0.3 is 15.6 Å². The second-order valence-corrected chi connectivity index (χ2v) is 8.12. The lowest BCUT2D eigenvalue weighted by Gasteiger charge is -2.06. The number of carbonyl (C=O) groups excluding carboxylic acids is 2. The van der Waals surface area contributed by atoms with E-state index in [1.165, 1.54) is 6.07 Å². The maximum atomic E-state index is 12.1. The first-order chi connectivity index (χ1) is 14.1. The maximum absolute atomic E-state index is 12.1. The largest absolute Gasteiger partial charge is 0.351 e. The van der Waals surface area contributed by atoms with E-state index in [4.69, 9.17) is 0 Å². The monoisotopic (exact) mass is 428 g/mol. The van der Waals surface area contributed by atoms with Crippen LogP contribution in [0.25, 0.3) is 0 Å². The molecule has 0 radical (unpaired) electrons. The van der Waals surface area contributed by atoms with Crippen LogP contribution in [0.4, 0.5) is 0 Å². The van der Waals surface area contributed by atoms with Gasteiger partial charge in [-0.3, -0.25) is 14.4 Å². The van der Waals surface area contributed by atoms with Crippen molar-refractivity contribution in [3.63, 3.8) is 0 Å². The summed E-state index contributed by atoms with van der Waals surface area (Å²) >= 11 is 2.68. The average Bonchev–Trinajstić information content (AvgIpc) is 3.23. The standard InChI is InChI=1S/C20H20N4O3S2/c25-17(22-12-16-7-4-8-28-16)9-15-10-18(26)24-20(23-15)29-13-19(27)21-11-14-5-2-1-3-6-14/h1-8,10H,9,11-13H2,(H,21,27)(H,22,25)(H,23,24,26). The van der Waals surface area contributed by atoms with E-state index in [-0.39, 0.29) is 29.5 Å². The molecule has 7 nitrogen and oxygen atoms in total. The number of H-pyrrole nitrogens is 1. The Hall–Kier alpha value is -2.91. The van der Waals surface area contributed by atoms with Gasteiger partial charge in [-0.15, -0.1) is 11.3 Å². The second kappa shape index (κ2) is 10.6. The van der Waals surface area contributed by atoms with Gasteiger partial charge in [0.1, 0.15) is 0 Å². The van der Waals surface area contributed by atoms with Crippen molar-refractivity contribution in [3.05, 3.63) is 80.4 Å². The van der Waals surface area contributed by atoms with Crippen LogP contribution in [0, 0.1) is 0 Å². The van der Waals surface area contributed by atoms with Crippen LogP contribution in [-0.4, -0.2) is 27.5 Å². The average molecular weight is 429 g/mol. The third-order valence-corrected chi connectivity index (χ3v) is 5.58. The third kappa shape index (κ3) is 7.20. The highest BCUT2D eigenvalue weighted by atomic mass is 32.2. The Kier molecular flexibility index (Phi) is 7.60. The van der Waals surface area contributed by atoms with E-state index in [1.807, 2.05) is 47.8 Å². The summed E-state index contributed by atoms with van der Waals surface area (Å²) in [5.41, 5.74) is 1.02. The fourth-order valence-corrected chi connectivity index (χ4v) is 3.82. The number of aromatic nitrogens is 2. The molecule has 9 heteroatoms. The van der Waals surface area contributed by atoms with Gasteiger partial charge in [0.15, 0.2) is 5.16 Å². The van der Waals surface area contributed by atoms with Gasteiger partial charge in [0.2, 0.25) is 11.8 Å². The summed E-state index contributed by atoms with van der Waals surface area (Å²) < 4.78 is 0. The van der Waals surface area contributed by atoms with Crippen molar-refractivity contribution >= 4 is 34.9 Å². The summed E-state index contributed by atoms with van der Waals surface area (Å²) in [7, 11) is 0. The number of thioether (sulfide) groups is 1. The van der Waals surface area contributed by atoms with Gasteiger partial charge in [0, 0.05) is 17.5 Å². The van der Waals surface area contributed by atoms with Crippen molar-refractivity contribution < 1.29 is 9.59 Å². The molecule has 3 rings (SSSR count).